The molecule has 104 valence electrons. The van der Waals surface area contributed by atoms with Crippen molar-refractivity contribution in [3.05, 3.63) is 62.0 Å². The summed E-state index contributed by atoms with van der Waals surface area (Å²) in [7, 11) is 1.58. The summed E-state index contributed by atoms with van der Waals surface area (Å²) in [5.41, 5.74) is 1.36. The highest BCUT2D eigenvalue weighted by Gasteiger charge is 2.12. The SMILES string of the molecule is COc1ccc(C(=O)Cc2ccc(Cl)cc2Cl)cc1Br. The number of Topliss-reactive ketones (excluding diaryl/α,β-unsaturated/α-hetero) is 1. The van der Waals surface area contributed by atoms with Gasteiger partial charge in [-0.15, -0.1) is 0 Å². The van der Waals surface area contributed by atoms with Gasteiger partial charge in [-0.1, -0.05) is 29.3 Å². The fraction of sp³-hybridized carbons (Fsp3) is 0.133. The van der Waals surface area contributed by atoms with Crippen LogP contribution < -0.4 is 4.74 Å². The van der Waals surface area contributed by atoms with E-state index in [1.807, 2.05) is 0 Å². The lowest BCUT2D eigenvalue weighted by Gasteiger charge is -2.07. The minimum Gasteiger partial charge on any atom is -0.496 e. The lowest BCUT2D eigenvalue weighted by atomic mass is 10.0. The average molecular weight is 374 g/mol. The maximum atomic E-state index is 12.2. The Hall–Kier alpha value is -1.03. The van der Waals surface area contributed by atoms with Gasteiger partial charge in [0.1, 0.15) is 5.75 Å². The minimum absolute atomic E-state index is 0.0161. The summed E-state index contributed by atoms with van der Waals surface area (Å²) < 4.78 is 5.88. The van der Waals surface area contributed by atoms with E-state index in [9.17, 15) is 4.79 Å². The van der Waals surface area contributed by atoms with Crippen LogP contribution in [0.25, 0.3) is 0 Å². The van der Waals surface area contributed by atoms with Crippen LogP contribution in [0.2, 0.25) is 10.0 Å². The van der Waals surface area contributed by atoms with E-state index in [1.54, 1.807) is 43.5 Å². The smallest absolute Gasteiger partial charge is 0.167 e. The summed E-state index contributed by atoms with van der Waals surface area (Å²) in [6, 6.07) is 10.3. The van der Waals surface area contributed by atoms with Gasteiger partial charge in [-0.3, -0.25) is 4.79 Å². The molecule has 2 aromatic carbocycles. The summed E-state index contributed by atoms with van der Waals surface area (Å²) in [5, 5.41) is 1.05. The van der Waals surface area contributed by atoms with Crippen molar-refractivity contribution in [2.75, 3.05) is 7.11 Å². The first kappa shape index (κ1) is 15.4. The summed E-state index contributed by atoms with van der Waals surface area (Å²) in [4.78, 5) is 12.2. The van der Waals surface area contributed by atoms with Gasteiger partial charge in [-0.25, -0.2) is 0 Å². The molecule has 0 atom stereocenters. The molecule has 0 aliphatic heterocycles. The molecular formula is C15H11BrCl2O2. The summed E-state index contributed by atoms with van der Waals surface area (Å²) >= 11 is 15.3. The minimum atomic E-state index is -0.0161. The molecular weight excluding hydrogens is 363 g/mol. The van der Waals surface area contributed by atoms with E-state index in [-0.39, 0.29) is 12.2 Å². The molecule has 0 amide bonds. The molecule has 0 saturated heterocycles. The Morgan fingerprint density at radius 3 is 2.55 bits per heavy atom. The Morgan fingerprint density at radius 1 is 1.20 bits per heavy atom. The van der Waals surface area contributed by atoms with Crippen molar-refractivity contribution in [1.82, 2.24) is 0 Å². The number of carbonyl (C=O) groups excluding carboxylic acids is 1. The Morgan fingerprint density at radius 2 is 1.95 bits per heavy atom. The number of ether oxygens (including phenoxy) is 1. The van der Waals surface area contributed by atoms with Crippen molar-refractivity contribution in [3.63, 3.8) is 0 Å². The zero-order valence-corrected chi connectivity index (χ0v) is 13.7. The number of hydrogen-bond donors (Lipinski definition) is 0. The normalized spacial score (nSPS) is 10.4. The molecule has 0 aliphatic carbocycles. The van der Waals surface area contributed by atoms with E-state index in [2.05, 4.69) is 15.9 Å². The molecule has 2 aromatic rings. The highest BCUT2D eigenvalue weighted by Crippen LogP contribution is 2.27. The number of rotatable bonds is 4. The van der Waals surface area contributed by atoms with Gasteiger partial charge in [0.2, 0.25) is 0 Å². The van der Waals surface area contributed by atoms with Crippen LogP contribution in [0.5, 0.6) is 5.75 Å². The van der Waals surface area contributed by atoms with Crippen LogP contribution in [0.1, 0.15) is 15.9 Å². The van der Waals surface area contributed by atoms with E-state index in [0.29, 0.717) is 21.4 Å². The topological polar surface area (TPSA) is 26.3 Å². The zero-order valence-electron chi connectivity index (χ0n) is 10.6. The predicted octanol–water partition coefficient (Wildman–Crippen LogP) is 5.19. The molecule has 5 heteroatoms. The largest absolute Gasteiger partial charge is 0.496 e. The van der Waals surface area contributed by atoms with E-state index >= 15 is 0 Å². The molecule has 2 nitrogen and oxygen atoms in total. The third-order valence-corrected chi connectivity index (χ3v) is 4.05. The molecule has 0 bridgehead atoms. The Bertz CT molecular complexity index is 656. The second kappa shape index (κ2) is 6.61. The predicted molar refractivity (Wildman–Crippen MR) is 85.2 cm³/mol. The van der Waals surface area contributed by atoms with Gasteiger partial charge in [-0.05, 0) is 51.8 Å². The van der Waals surface area contributed by atoms with E-state index < -0.39 is 0 Å². The Balaban J connectivity index is 2.21. The summed E-state index contributed by atoms with van der Waals surface area (Å²) in [5.74, 6) is 0.670. The molecule has 0 heterocycles. The summed E-state index contributed by atoms with van der Waals surface area (Å²) in [6.07, 6.45) is 0.231. The first-order valence-electron chi connectivity index (χ1n) is 5.82. The Labute approximate surface area is 135 Å². The third-order valence-electron chi connectivity index (χ3n) is 2.84. The molecule has 0 aliphatic rings. The molecule has 20 heavy (non-hydrogen) atoms. The standard InChI is InChI=1S/C15H11BrCl2O2/c1-20-15-5-3-10(6-12(15)16)14(19)7-9-2-4-11(17)8-13(9)18/h2-6,8H,7H2,1H3. The number of hydrogen-bond acceptors (Lipinski definition) is 2. The van der Waals surface area contributed by atoms with Gasteiger partial charge in [-0.2, -0.15) is 0 Å². The van der Waals surface area contributed by atoms with Gasteiger partial charge >= 0.3 is 0 Å². The van der Waals surface area contributed by atoms with Gasteiger partial charge in [0.25, 0.3) is 0 Å². The number of ketones is 1. The van der Waals surface area contributed by atoms with Crippen LogP contribution in [0, 0.1) is 0 Å². The van der Waals surface area contributed by atoms with Gasteiger partial charge in [0, 0.05) is 22.0 Å². The van der Waals surface area contributed by atoms with Crippen molar-refractivity contribution < 1.29 is 9.53 Å². The number of halogens is 3. The van der Waals surface area contributed by atoms with E-state index in [4.69, 9.17) is 27.9 Å². The second-order valence-corrected chi connectivity index (χ2v) is 5.88. The van der Waals surface area contributed by atoms with E-state index in [0.717, 1.165) is 10.0 Å². The highest BCUT2D eigenvalue weighted by molar-refractivity contribution is 9.10. The van der Waals surface area contributed by atoms with Crippen molar-refractivity contribution in [1.29, 1.82) is 0 Å². The van der Waals surface area contributed by atoms with Crippen molar-refractivity contribution in [2.45, 2.75) is 6.42 Å². The lowest BCUT2D eigenvalue weighted by molar-refractivity contribution is 0.0993. The number of benzene rings is 2. The zero-order chi connectivity index (χ0) is 14.7. The number of carbonyl (C=O) groups is 1. The fourth-order valence-corrected chi connectivity index (χ4v) is 2.80. The Kier molecular flexibility index (Phi) is 5.08. The highest BCUT2D eigenvalue weighted by atomic mass is 79.9. The fourth-order valence-electron chi connectivity index (χ4n) is 1.78. The molecule has 0 fully saturated rings. The van der Waals surface area contributed by atoms with Crippen LogP contribution in [0.3, 0.4) is 0 Å². The molecule has 0 N–H and O–H groups in total. The van der Waals surface area contributed by atoms with Crippen LogP contribution in [-0.4, -0.2) is 12.9 Å². The molecule has 0 unspecified atom stereocenters. The molecule has 2 rings (SSSR count). The quantitative estimate of drug-likeness (QED) is 0.689. The molecule has 0 spiro atoms. The van der Waals surface area contributed by atoms with Crippen molar-refractivity contribution >= 4 is 44.9 Å². The second-order valence-electron chi connectivity index (χ2n) is 4.19. The van der Waals surface area contributed by atoms with Crippen LogP contribution >= 0.6 is 39.1 Å². The first-order valence-corrected chi connectivity index (χ1v) is 7.37. The van der Waals surface area contributed by atoms with Gasteiger partial charge < -0.3 is 4.74 Å². The molecule has 0 saturated carbocycles. The third kappa shape index (κ3) is 3.54. The van der Waals surface area contributed by atoms with Gasteiger partial charge in [0.05, 0.1) is 11.6 Å². The van der Waals surface area contributed by atoms with Crippen LogP contribution in [-0.2, 0) is 6.42 Å². The van der Waals surface area contributed by atoms with E-state index in [1.165, 1.54) is 0 Å². The average Bonchev–Trinajstić information content (AvgIpc) is 2.41. The lowest BCUT2D eigenvalue weighted by Crippen LogP contribution is -2.04. The number of methoxy groups -OCH3 is 1. The maximum absolute atomic E-state index is 12.2. The summed E-state index contributed by atoms with van der Waals surface area (Å²) in [6.45, 7) is 0. The van der Waals surface area contributed by atoms with Gasteiger partial charge in [0.15, 0.2) is 5.78 Å². The van der Waals surface area contributed by atoms with Crippen LogP contribution in [0.15, 0.2) is 40.9 Å². The van der Waals surface area contributed by atoms with Crippen LogP contribution in [0.4, 0.5) is 0 Å². The monoisotopic (exact) mass is 372 g/mol. The van der Waals surface area contributed by atoms with Crippen molar-refractivity contribution in [2.24, 2.45) is 0 Å². The van der Waals surface area contributed by atoms with Crippen molar-refractivity contribution in [3.8, 4) is 5.75 Å². The first-order chi connectivity index (χ1) is 9.51. The maximum Gasteiger partial charge on any atom is 0.167 e. The molecule has 0 aromatic heterocycles. The molecule has 0 radical (unpaired) electrons.